The zero-order valence-electron chi connectivity index (χ0n) is 16.7. The standard InChI is InChI=1S/C23H23N3O4/c1-16(22(28)25-20-9-7-18(14-24)8-10-20)30-23(29)19-13-21(27)26(15-19)12-11-17-5-3-2-4-6-17/h2-10,16,19H,11-13,15H2,1H3,(H,25,28)/t16-,19+/m0/s1. The molecular weight excluding hydrogens is 382 g/mol. The third-order valence-electron chi connectivity index (χ3n) is 5.00. The summed E-state index contributed by atoms with van der Waals surface area (Å²) in [5.41, 5.74) is 2.12. The maximum Gasteiger partial charge on any atom is 0.312 e. The van der Waals surface area contributed by atoms with Crippen LogP contribution in [0.1, 0.15) is 24.5 Å². The van der Waals surface area contributed by atoms with E-state index in [1.807, 2.05) is 36.4 Å². The van der Waals surface area contributed by atoms with E-state index in [0.29, 0.717) is 24.3 Å². The molecule has 0 saturated carbocycles. The van der Waals surface area contributed by atoms with Crippen LogP contribution in [0, 0.1) is 17.2 Å². The number of carbonyl (C=O) groups excluding carboxylic acids is 3. The molecule has 1 N–H and O–H groups in total. The van der Waals surface area contributed by atoms with Gasteiger partial charge in [-0.05, 0) is 43.2 Å². The SMILES string of the molecule is C[C@H](OC(=O)[C@@H]1CC(=O)N(CCc2ccccc2)C1)C(=O)Nc1ccc(C#N)cc1. The zero-order valence-corrected chi connectivity index (χ0v) is 16.7. The van der Waals surface area contributed by atoms with Crippen LogP contribution in [0.5, 0.6) is 0 Å². The maximum atomic E-state index is 12.4. The summed E-state index contributed by atoms with van der Waals surface area (Å²) in [5.74, 6) is -1.67. The van der Waals surface area contributed by atoms with E-state index in [4.69, 9.17) is 10.00 Å². The summed E-state index contributed by atoms with van der Waals surface area (Å²) in [7, 11) is 0. The second kappa shape index (κ2) is 9.70. The highest BCUT2D eigenvalue weighted by Crippen LogP contribution is 2.20. The Morgan fingerprint density at radius 2 is 1.90 bits per heavy atom. The average Bonchev–Trinajstić information content (AvgIpc) is 3.14. The first-order valence-electron chi connectivity index (χ1n) is 9.79. The monoisotopic (exact) mass is 405 g/mol. The van der Waals surface area contributed by atoms with E-state index in [1.165, 1.54) is 6.92 Å². The molecule has 2 aromatic rings. The third-order valence-corrected chi connectivity index (χ3v) is 5.00. The Balaban J connectivity index is 1.48. The van der Waals surface area contributed by atoms with Crippen LogP contribution in [-0.2, 0) is 25.5 Å². The summed E-state index contributed by atoms with van der Waals surface area (Å²) in [6.07, 6.45) is -0.184. The zero-order chi connectivity index (χ0) is 21.5. The van der Waals surface area contributed by atoms with E-state index in [-0.39, 0.29) is 12.3 Å². The lowest BCUT2D eigenvalue weighted by Gasteiger charge is -2.18. The predicted molar refractivity (Wildman–Crippen MR) is 110 cm³/mol. The van der Waals surface area contributed by atoms with Crippen LogP contribution in [0.2, 0.25) is 0 Å². The van der Waals surface area contributed by atoms with Gasteiger partial charge in [-0.25, -0.2) is 0 Å². The number of carbonyl (C=O) groups is 3. The van der Waals surface area contributed by atoms with E-state index in [0.717, 1.165) is 12.0 Å². The molecule has 7 nitrogen and oxygen atoms in total. The lowest BCUT2D eigenvalue weighted by atomic mass is 10.1. The van der Waals surface area contributed by atoms with Crippen molar-refractivity contribution in [2.45, 2.75) is 25.9 Å². The fourth-order valence-electron chi connectivity index (χ4n) is 3.25. The molecule has 0 bridgehead atoms. The maximum absolute atomic E-state index is 12.4. The summed E-state index contributed by atoms with van der Waals surface area (Å²) >= 11 is 0. The molecule has 1 heterocycles. The van der Waals surface area contributed by atoms with Gasteiger partial charge in [0.05, 0.1) is 17.6 Å². The molecule has 2 atom stereocenters. The first kappa shape index (κ1) is 21.1. The fourth-order valence-corrected chi connectivity index (χ4v) is 3.25. The van der Waals surface area contributed by atoms with E-state index >= 15 is 0 Å². The molecule has 2 amide bonds. The minimum atomic E-state index is -0.999. The second-order valence-electron chi connectivity index (χ2n) is 7.23. The van der Waals surface area contributed by atoms with Crippen molar-refractivity contribution in [3.63, 3.8) is 0 Å². The Labute approximate surface area is 175 Å². The number of nitriles is 1. The van der Waals surface area contributed by atoms with Gasteiger partial charge >= 0.3 is 5.97 Å². The van der Waals surface area contributed by atoms with Crippen molar-refractivity contribution < 1.29 is 19.1 Å². The molecule has 0 radical (unpaired) electrons. The van der Waals surface area contributed by atoms with Gasteiger partial charge in [-0.2, -0.15) is 5.26 Å². The van der Waals surface area contributed by atoms with Crippen molar-refractivity contribution in [2.24, 2.45) is 5.92 Å². The normalized spacial score (nSPS) is 16.6. The smallest absolute Gasteiger partial charge is 0.312 e. The first-order valence-corrected chi connectivity index (χ1v) is 9.79. The summed E-state index contributed by atoms with van der Waals surface area (Å²) in [6, 6.07) is 18.2. The van der Waals surface area contributed by atoms with E-state index in [9.17, 15) is 14.4 Å². The molecular formula is C23H23N3O4. The van der Waals surface area contributed by atoms with Crippen molar-refractivity contribution in [1.82, 2.24) is 4.90 Å². The van der Waals surface area contributed by atoms with Gasteiger partial charge in [0.1, 0.15) is 0 Å². The highest BCUT2D eigenvalue weighted by atomic mass is 16.5. The van der Waals surface area contributed by atoms with E-state index in [2.05, 4.69) is 5.32 Å². The molecule has 1 aliphatic heterocycles. The fraction of sp³-hybridized carbons (Fsp3) is 0.304. The first-order chi connectivity index (χ1) is 14.5. The number of nitrogens with zero attached hydrogens (tertiary/aromatic N) is 2. The summed E-state index contributed by atoms with van der Waals surface area (Å²) in [5, 5.41) is 11.5. The van der Waals surface area contributed by atoms with Crippen molar-refractivity contribution in [3.8, 4) is 6.07 Å². The number of rotatable bonds is 7. The summed E-state index contributed by atoms with van der Waals surface area (Å²) in [4.78, 5) is 38.6. The van der Waals surface area contributed by atoms with E-state index < -0.39 is 23.9 Å². The molecule has 0 unspecified atom stereocenters. The number of hydrogen-bond donors (Lipinski definition) is 1. The molecule has 1 fully saturated rings. The molecule has 3 rings (SSSR count). The van der Waals surface area contributed by atoms with Gasteiger partial charge in [0.15, 0.2) is 6.10 Å². The summed E-state index contributed by atoms with van der Waals surface area (Å²) in [6.45, 7) is 2.33. The Bertz CT molecular complexity index is 951. The molecule has 154 valence electrons. The number of nitrogens with one attached hydrogen (secondary N) is 1. The Hall–Kier alpha value is -3.66. The highest BCUT2D eigenvalue weighted by Gasteiger charge is 2.36. The van der Waals surface area contributed by atoms with Crippen LogP contribution < -0.4 is 5.32 Å². The third kappa shape index (κ3) is 5.45. The quantitative estimate of drug-likeness (QED) is 0.714. The Morgan fingerprint density at radius 1 is 1.20 bits per heavy atom. The van der Waals surface area contributed by atoms with Gasteiger partial charge in [-0.3, -0.25) is 14.4 Å². The number of esters is 1. The van der Waals surface area contributed by atoms with Crippen LogP contribution in [0.3, 0.4) is 0 Å². The highest BCUT2D eigenvalue weighted by molar-refractivity contribution is 5.95. The van der Waals surface area contributed by atoms with E-state index in [1.54, 1.807) is 29.2 Å². The Morgan fingerprint density at radius 3 is 2.57 bits per heavy atom. The molecule has 0 aliphatic carbocycles. The van der Waals surface area contributed by atoms with Gasteiger partial charge in [-0.1, -0.05) is 30.3 Å². The molecule has 0 aromatic heterocycles. The largest absolute Gasteiger partial charge is 0.452 e. The van der Waals surface area contributed by atoms with Gasteiger partial charge in [0.2, 0.25) is 5.91 Å². The number of likely N-dealkylation sites (tertiary alicyclic amines) is 1. The minimum Gasteiger partial charge on any atom is -0.452 e. The molecule has 30 heavy (non-hydrogen) atoms. The molecule has 0 spiro atoms. The van der Waals surface area contributed by atoms with Crippen molar-refractivity contribution in [3.05, 3.63) is 65.7 Å². The lowest BCUT2D eigenvalue weighted by Crippen LogP contribution is -2.33. The lowest BCUT2D eigenvalue weighted by molar-refractivity contribution is -0.157. The number of ether oxygens (including phenoxy) is 1. The topological polar surface area (TPSA) is 99.5 Å². The molecule has 7 heteroatoms. The van der Waals surface area contributed by atoms with Crippen LogP contribution in [-0.4, -0.2) is 41.9 Å². The number of amides is 2. The van der Waals surface area contributed by atoms with Crippen molar-refractivity contribution >= 4 is 23.5 Å². The Kier molecular flexibility index (Phi) is 6.81. The predicted octanol–water partition coefficient (Wildman–Crippen LogP) is 2.52. The molecule has 2 aromatic carbocycles. The number of hydrogen-bond acceptors (Lipinski definition) is 5. The number of benzene rings is 2. The number of anilines is 1. The average molecular weight is 405 g/mol. The van der Waals surface area contributed by atoms with Gasteiger partial charge in [0, 0.05) is 25.2 Å². The van der Waals surface area contributed by atoms with Gasteiger partial charge < -0.3 is 15.0 Å². The van der Waals surface area contributed by atoms with Gasteiger partial charge in [0.25, 0.3) is 5.91 Å². The van der Waals surface area contributed by atoms with Crippen molar-refractivity contribution in [1.29, 1.82) is 5.26 Å². The molecule has 1 aliphatic rings. The van der Waals surface area contributed by atoms with Crippen LogP contribution >= 0.6 is 0 Å². The van der Waals surface area contributed by atoms with Crippen LogP contribution in [0.4, 0.5) is 5.69 Å². The van der Waals surface area contributed by atoms with Gasteiger partial charge in [-0.15, -0.1) is 0 Å². The second-order valence-corrected chi connectivity index (χ2v) is 7.23. The van der Waals surface area contributed by atoms with Crippen LogP contribution in [0.15, 0.2) is 54.6 Å². The van der Waals surface area contributed by atoms with Crippen molar-refractivity contribution in [2.75, 3.05) is 18.4 Å². The molecule has 1 saturated heterocycles. The minimum absolute atomic E-state index is 0.0810. The van der Waals surface area contributed by atoms with Crippen LogP contribution in [0.25, 0.3) is 0 Å². The summed E-state index contributed by atoms with van der Waals surface area (Å²) < 4.78 is 5.29.